The molecule has 0 atom stereocenters. The fourth-order valence-corrected chi connectivity index (χ4v) is 2.33. The van der Waals surface area contributed by atoms with E-state index in [2.05, 4.69) is 15.3 Å². The number of pyridine rings is 2. The molecule has 0 unspecified atom stereocenters. The van der Waals surface area contributed by atoms with Gasteiger partial charge in [0, 0.05) is 29.4 Å². The lowest BCUT2D eigenvalue weighted by Crippen LogP contribution is -2.13. The monoisotopic (exact) mass is 337 g/mol. The largest absolute Gasteiger partial charge is 0.481 e. The van der Waals surface area contributed by atoms with Gasteiger partial charge in [0.1, 0.15) is 0 Å². The molecule has 0 bridgehead atoms. The summed E-state index contributed by atoms with van der Waals surface area (Å²) >= 11 is 0. The summed E-state index contributed by atoms with van der Waals surface area (Å²) in [5, 5.41) is 3.77. The van der Waals surface area contributed by atoms with Crippen LogP contribution >= 0.6 is 0 Å². The second-order valence-corrected chi connectivity index (χ2v) is 5.77. The smallest absolute Gasteiger partial charge is 0.257 e. The van der Waals surface area contributed by atoms with E-state index >= 15 is 0 Å². The Morgan fingerprint density at radius 1 is 1.08 bits per heavy atom. The van der Waals surface area contributed by atoms with Crippen molar-refractivity contribution in [3.05, 3.63) is 54.2 Å². The molecule has 128 valence electrons. The molecule has 1 aromatic carbocycles. The third kappa shape index (κ3) is 4.03. The van der Waals surface area contributed by atoms with Crippen molar-refractivity contribution in [3.8, 4) is 11.8 Å². The van der Waals surface area contributed by atoms with Gasteiger partial charge in [-0.3, -0.25) is 4.79 Å². The number of nitrogens with zero attached hydrogens (tertiary/aromatic N) is 2. The van der Waals surface area contributed by atoms with Crippen LogP contribution in [0.25, 0.3) is 10.9 Å². The molecule has 3 rings (SSSR count). The third-order valence-corrected chi connectivity index (χ3v) is 3.49. The van der Waals surface area contributed by atoms with Gasteiger partial charge in [-0.25, -0.2) is 9.97 Å². The van der Waals surface area contributed by atoms with Crippen molar-refractivity contribution >= 4 is 22.5 Å². The average molecular weight is 337 g/mol. The molecule has 0 aliphatic heterocycles. The van der Waals surface area contributed by atoms with Crippen LogP contribution in [0.3, 0.4) is 0 Å². The molecular weight excluding hydrogens is 318 g/mol. The van der Waals surface area contributed by atoms with E-state index in [-0.39, 0.29) is 12.0 Å². The number of carbonyl (C=O) groups is 1. The molecule has 0 fully saturated rings. The minimum absolute atomic E-state index is 0.0389. The number of methoxy groups -OCH3 is 1. The van der Waals surface area contributed by atoms with E-state index in [9.17, 15) is 4.79 Å². The number of hydrogen-bond acceptors (Lipinski definition) is 5. The molecule has 0 radical (unpaired) electrons. The summed E-state index contributed by atoms with van der Waals surface area (Å²) < 4.78 is 10.6. The number of amides is 1. The molecule has 3 aromatic rings. The van der Waals surface area contributed by atoms with Gasteiger partial charge < -0.3 is 14.8 Å². The summed E-state index contributed by atoms with van der Waals surface area (Å²) in [6, 6.07) is 12.6. The molecule has 0 aliphatic carbocycles. The molecule has 1 N–H and O–H groups in total. The number of rotatable bonds is 5. The van der Waals surface area contributed by atoms with Crippen molar-refractivity contribution in [3.63, 3.8) is 0 Å². The van der Waals surface area contributed by atoms with Gasteiger partial charge in [0.05, 0.1) is 24.3 Å². The second kappa shape index (κ2) is 7.17. The average Bonchev–Trinajstić information content (AvgIpc) is 2.61. The van der Waals surface area contributed by atoms with Crippen LogP contribution in [0, 0.1) is 0 Å². The number of ether oxygens (including phenoxy) is 2. The number of benzene rings is 1. The van der Waals surface area contributed by atoms with Crippen molar-refractivity contribution in [1.29, 1.82) is 0 Å². The molecule has 6 nitrogen and oxygen atoms in total. The van der Waals surface area contributed by atoms with E-state index in [1.165, 1.54) is 6.20 Å². The highest BCUT2D eigenvalue weighted by Crippen LogP contribution is 2.21. The summed E-state index contributed by atoms with van der Waals surface area (Å²) in [5.41, 5.74) is 1.95. The molecule has 6 heteroatoms. The van der Waals surface area contributed by atoms with Crippen LogP contribution in [0.1, 0.15) is 24.2 Å². The molecule has 2 heterocycles. The number of hydrogen-bond donors (Lipinski definition) is 1. The molecular formula is C19H19N3O3. The van der Waals surface area contributed by atoms with Crippen LogP contribution in [-0.4, -0.2) is 29.1 Å². The first-order valence-corrected chi connectivity index (χ1v) is 7.94. The van der Waals surface area contributed by atoms with E-state index in [4.69, 9.17) is 9.47 Å². The number of anilines is 1. The number of nitrogens with one attached hydrogen (secondary N) is 1. The Bertz CT molecular complexity index is 892. The molecule has 0 aliphatic rings. The maximum atomic E-state index is 12.4. The van der Waals surface area contributed by atoms with E-state index in [1.807, 2.05) is 32.0 Å². The van der Waals surface area contributed by atoms with Crippen molar-refractivity contribution in [1.82, 2.24) is 9.97 Å². The Morgan fingerprint density at radius 2 is 1.88 bits per heavy atom. The highest BCUT2D eigenvalue weighted by atomic mass is 16.5. The van der Waals surface area contributed by atoms with Gasteiger partial charge in [-0.15, -0.1) is 0 Å². The summed E-state index contributed by atoms with van der Waals surface area (Å²) in [7, 11) is 1.58. The van der Waals surface area contributed by atoms with Crippen LogP contribution in [-0.2, 0) is 0 Å². The lowest BCUT2D eigenvalue weighted by atomic mass is 10.2. The zero-order valence-corrected chi connectivity index (χ0v) is 14.3. The van der Waals surface area contributed by atoms with Gasteiger partial charge in [-0.2, -0.15) is 0 Å². The first-order chi connectivity index (χ1) is 12.0. The maximum Gasteiger partial charge on any atom is 0.257 e. The van der Waals surface area contributed by atoms with Crippen LogP contribution in [0.5, 0.6) is 11.8 Å². The Morgan fingerprint density at radius 3 is 2.56 bits per heavy atom. The maximum absolute atomic E-state index is 12.4. The summed E-state index contributed by atoms with van der Waals surface area (Å²) in [4.78, 5) is 20.8. The summed E-state index contributed by atoms with van der Waals surface area (Å²) in [5.74, 6) is 0.820. The van der Waals surface area contributed by atoms with Crippen LogP contribution in [0.2, 0.25) is 0 Å². The number of carbonyl (C=O) groups excluding carboxylic acids is 1. The van der Waals surface area contributed by atoms with Crippen molar-refractivity contribution in [2.24, 2.45) is 0 Å². The highest BCUT2D eigenvalue weighted by molar-refractivity contribution is 6.04. The zero-order valence-electron chi connectivity index (χ0n) is 14.3. The highest BCUT2D eigenvalue weighted by Gasteiger charge is 2.09. The minimum atomic E-state index is -0.232. The van der Waals surface area contributed by atoms with Gasteiger partial charge in [0.15, 0.2) is 0 Å². The van der Waals surface area contributed by atoms with E-state index in [0.717, 1.165) is 10.9 Å². The normalized spacial score (nSPS) is 10.7. The van der Waals surface area contributed by atoms with Crippen molar-refractivity contribution in [2.75, 3.05) is 12.4 Å². The van der Waals surface area contributed by atoms with Gasteiger partial charge in [-0.05, 0) is 44.2 Å². The van der Waals surface area contributed by atoms with E-state index in [1.54, 1.807) is 31.4 Å². The van der Waals surface area contributed by atoms with Gasteiger partial charge in [0.2, 0.25) is 11.8 Å². The fourth-order valence-electron chi connectivity index (χ4n) is 2.33. The van der Waals surface area contributed by atoms with Crippen LogP contribution < -0.4 is 14.8 Å². The predicted octanol–water partition coefficient (Wildman–Crippen LogP) is 3.68. The lowest BCUT2D eigenvalue weighted by molar-refractivity contribution is 0.102. The van der Waals surface area contributed by atoms with Crippen molar-refractivity contribution in [2.45, 2.75) is 20.0 Å². The lowest BCUT2D eigenvalue weighted by Gasteiger charge is -2.09. The molecule has 25 heavy (non-hydrogen) atoms. The summed E-state index contributed by atoms with van der Waals surface area (Å²) in [6.45, 7) is 3.85. The standard InChI is InChI=1S/C19H19N3O3/c1-12(2)25-17-8-5-14(11-20-17)19(23)21-15-6-7-16-13(10-15)4-9-18(22-16)24-3/h4-12H,1-3H3,(H,21,23). The quantitative estimate of drug-likeness (QED) is 0.769. The molecule has 0 saturated heterocycles. The Labute approximate surface area is 145 Å². The van der Waals surface area contributed by atoms with E-state index < -0.39 is 0 Å². The molecule has 2 aromatic heterocycles. The molecule has 0 saturated carbocycles. The fraction of sp³-hybridized carbons (Fsp3) is 0.211. The molecule has 0 spiro atoms. The molecule has 1 amide bonds. The van der Waals surface area contributed by atoms with Gasteiger partial charge in [-0.1, -0.05) is 0 Å². The Hall–Kier alpha value is -3.15. The minimum Gasteiger partial charge on any atom is -0.481 e. The Kier molecular flexibility index (Phi) is 4.79. The number of fused-ring (bicyclic) bond motifs is 1. The van der Waals surface area contributed by atoms with Crippen LogP contribution in [0.4, 0.5) is 5.69 Å². The number of aromatic nitrogens is 2. The predicted molar refractivity (Wildman–Crippen MR) is 96.2 cm³/mol. The second-order valence-electron chi connectivity index (χ2n) is 5.77. The Balaban J connectivity index is 1.75. The van der Waals surface area contributed by atoms with Crippen LogP contribution in [0.15, 0.2) is 48.7 Å². The van der Waals surface area contributed by atoms with Crippen molar-refractivity contribution < 1.29 is 14.3 Å². The summed E-state index contributed by atoms with van der Waals surface area (Å²) in [6.07, 6.45) is 1.54. The first kappa shape index (κ1) is 16.7. The third-order valence-electron chi connectivity index (χ3n) is 3.49. The first-order valence-electron chi connectivity index (χ1n) is 7.94. The SMILES string of the molecule is COc1ccc2cc(NC(=O)c3ccc(OC(C)C)nc3)ccc2n1. The van der Waals surface area contributed by atoms with E-state index in [0.29, 0.717) is 23.0 Å². The van der Waals surface area contributed by atoms with Gasteiger partial charge in [0.25, 0.3) is 5.91 Å². The topological polar surface area (TPSA) is 73.3 Å². The van der Waals surface area contributed by atoms with Gasteiger partial charge >= 0.3 is 0 Å². The zero-order chi connectivity index (χ0) is 17.8.